The van der Waals surface area contributed by atoms with E-state index in [1.165, 1.54) is 0 Å². The first-order valence-corrected chi connectivity index (χ1v) is 12.6. The van der Waals surface area contributed by atoms with Crippen LogP contribution in [-0.4, -0.2) is 30.6 Å². The number of halogens is 2. The number of carbonyl (C=O) groups is 2. The van der Waals surface area contributed by atoms with Crippen LogP contribution in [0.2, 0.25) is 0 Å². The Kier molecular flexibility index (Phi) is 10.8. The molecule has 0 fully saturated rings. The molecule has 0 aliphatic carbocycles. The van der Waals surface area contributed by atoms with Crippen molar-refractivity contribution in [2.24, 2.45) is 5.92 Å². The molecule has 0 aliphatic rings. The summed E-state index contributed by atoms with van der Waals surface area (Å²) in [6.07, 6.45) is 0.717. The molecule has 1 N–H and O–H groups in total. The molecule has 8 heteroatoms. The van der Waals surface area contributed by atoms with Gasteiger partial charge in [0, 0.05) is 18.2 Å². The quantitative estimate of drug-likeness (QED) is 0.277. The molecule has 0 heterocycles. The van der Waals surface area contributed by atoms with Gasteiger partial charge in [-0.3, -0.25) is 14.9 Å². The van der Waals surface area contributed by atoms with Crippen molar-refractivity contribution < 1.29 is 32.6 Å². The second kappa shape index (κ2) is 14.2. The summed E-state index contributed by atoms with van der Waals surface area (Å²) in [4.78, 5) is 25.8. The number of ether oxygens (including phenoxy) is 3. The summed E-state index contributed by atoms with van der Waals surface area (Å²) in [5.41, 5.74) is 1.64. The van der Waals surface area contributed by atoms with Gasteiger partial charge in [-0.1, -0.05) is 56.3 Å². The van der Waals surface area contributed by atoms with Gasteiger partial charge in [-0.15, -0.1) is 0 Å². The highest BCUT2D eigenvalue weighted by atomic mass is 19.1. The molecule has 202 valence electrons. The molecule has 3 aromatic carbocycles. The maximum Gasteiger partial charge on any atom is 0.323 e. The van der Waals surface area contributed by atoms with Gasteiger partial charge in [0.2, 0.25) is 0 Å². The summed E-state index contributed by atoms with van der Waals surface area (Å²) < 4.78 is 43.3. The number of carbonyl (C=O) groups excluding carboxylic acids is 2. The monoisotopic (exact) mass is 525 g/mol. The van der Waals surface area contributed by atoms with Crippen molar-refractivity contribution in [2.75, 3.05) is 6.61 Å². The Balaban J connectivity index is 1.70. The number of hydrogen-bond acceptors (Lipinski definition) is 6. The van der Waals surface area contributed by atoms with Crippen LogP contribution in [0.4, 0.5) is 8.78 Å². The van der Waals surface area contributed by atoms with E-state index in [2.05, 4.69) is 5.32 Å². The standard InChI is InChI=1S/C30H33F2NO5/c1-4-36-29(34)28(33-27(14-20(2)3)30(35)37-19-22-8-6-5-7-9-22)15-21-10-12-25(13-11-21)38-26-17-23(31)16-24(32)18-26/h5-13,16-18,20,27-28,33H,4,14-15,19H2,1-3H3/t27-,28-/m0/s1. The Morgan fingerprint density at radius 3 is 2.03 bits per heavy atom. The summed E-state index contributed by atoms with van der Waals surface area (Å²) in [5.74, 6) is -1.82. The van der Waals surface area contributed by atoms with E-state index < -0.39 is 35.7 Å². The molecule has 0 spiro atoms. The largest absolute Gasteiger partial charge is 0.465 e. The molecule has 6 nitrogen and oxygen atoms in total. The number of nitrogens with one attached hydrogen (secondary N) is 1. The zero-order valence-electron chi connectivity index (χ0n) is 21.8. The summed E-state index contributed by atoms with van der Waals surface area (Å²) in [7, 11) is 0. The minimum atomic E-state index is -0.799. The molecule has 2 atom stereocenters. The molecule has 0 amide bonds. The lowest BCUT2D eigenvalue weighted by atomic mass is 10.0. The van der Waals surface area contributed by atoms with Gasteiger partial charge < -0.3 is 14.2 Å². The molecule has 3 rings (SSSR count). The minimum absolute atomic E-state index is 0.0341. The van der Waals surface area contributed by atoms with Gasteiger partial charge in [0.1, 0.15) is 41.8 Å². The van der Waals surface area contributed by atoms with Gasteiger partial charge in [-0.2, -0.15) is 0 Å². The molecule has 0 unspecified atom stereocenters. The van der Waals surface area contributed by atoms with Gasteiger partial charge in [-0.05, 0) is 48.9 Å². The van der Waals surface area contributed by atoms with Crippen molar-refractivity contribution in [3.05, 3.63) is 95.6 Å². The smallest absolute Gasteiger partial charge is 0.323 e. The molecule has 0 aliphatic heterocycles. The molecule has 0 aromatic heterocycles. The van der Waals surface area contributed by atoms with E-state index >= 15 is 0 Å². The fourth-order valence-electron chi connectivity index (χ4n) is 3.88. The van der Waals surface area contributed by atoms with E-state index in [0.717, 1.165) is 29.3 Å². The fraction of sp³-hybridized carbons (Fsp3) is 0.333. The van der Waals surface area contributed by atoms with Crippen molar-refractivity contribution in [3.8, 4) is 11.5 Å². The van der Waals surface area contributed by atoms with Crippen LogP contribution < -0.4 is 10.1 Å². The normalized spacial score (nSPS) is 12.6. The van der Waals surface area contributed by atoms with E-state index in [9.17, 15) is 18.4 Å². The van der Waals surface area contributed by atoms with Crippen molar-refractivity contribution in [3.63, 3.8) is 0 Å². The van der Waals surface area contributed by atoms with Gasteiger partial charge in [0.15, 0.2) is 0 Å². The van der Waals surface area contributed by atoms with Crippen LogP contribution in [0, 0.1) is 17.6 Å². The van der Waals surface area contributed by atoms with Gasteiger partial charge in [0.05, 0.1) is 6.61 Å². The molecule has 0 saturated carbocycles. The van der Waals surface area contributed by atoms with Crippen LogP contribution in [0.15, 0.2) is 72.8 Å². The number of rotatable bonds is 13. The van der Waals surface area contributed by atoms with Crippen LogP contribution in [0.5, 0.6) is 11.5 Å². The Hall–Kier alpha value is -3.78. The Morgan fingerprint density at radius 1 is 0.789 bits per heavy atom. The molecular weight excluding hydrogens is 492 g/mol. The van der Waals surface area contributed by atoms with E-state index in [4.69, 9.17) is 14.2 Å². The zero-order chi connectivity index (χ0) is 27.5. The Morgan fingerprint density at radius 2 is 1.42 bits per heavy atom. The second-order valence-electron chi connectivity index (χ2n) is 9.30. The second-order valence-corrected chi connectivity index (χ2v) is 9.30. The van der Waals surface area contributed by atoms with Crippen LogP contribution in [-0.2, 0) is 32.1 Å². The molecule has 38 heavy (non-hydrogen) atoms. The molecule has 0 saturated heterocycles. The number of esters is 2. The highest BCUT2D eigenvalue weighted by Gasteiger charge is 2.29. The Labute approximate surface area is 221 Å². The van der Waals surface area contributed by atoms with Gasteiger partial charge in [0.25, 0.3) is 0 Å². The van der Waals surface area contributed by atoms with E-state index in [-0.39, 0.29) is 31.3 Å². The summed E-state index contributed by atoms with van der Waals surface area (Å²) in [5, 5.41) is 3.16. The molecular formula is C30H33F2NO5. The predicted octanol–water partition coefficient (Wildman–Crippen LogP) is 5.98. The van der Waals surface area contributed by atoms with Crippen molar-refractivity contribution in [1.82, 2.24) is 5.32 Å². The maximum atomic E-state index is 13.4. The molecule has 0 bridgehead atoms. The number of hydrogen-bond donors (Lipinski definition) is 1. The number of benzene rings is 3. The highest BCUT2D eigenvalue weighted by Crippen LogP contribution is 2.24. The average Bonchev–Trinajstić information content (AvgIpc) is 2.87. The minimum Gasteiger partial charge on any atom is -0.465 e. The lowest BCUT2D eigenvalue weighted by Gasteiger charge is -2.25. The van der Waals surface area contributed by atoms with Crippen LogP contribution >= 0.6 is 0 Å². The first kappa shape index (κ1) is 28.8. The van der Waals surface area contributed by atoms with Crippen molar-refractivity contribution >= 4 is 11.9 Å². The highest BCUT2D eigenvalue weighted by molar-refractivity contribution is 5.80. The summed E-state index contributed by atoms with van der Waals surface area (Å²) in [6, 6.07) is 17.6. The molecule has 3 aromatic rings. The van der Waals surface area contributed by atoms with Gasteiger partial charge >= 0.3 is 11.9 Å². The van der Waals surface area contributed by atoms with Crippen LogP contribution in [0.25, 0.3) is 0 Å². The fourth-order valence-corrected chi connectivity index (χ4v) is 3.88. The third-order valence-corrected chi connectivity index (χ3v) is 5.62. The van der Waals surface area contributed by atoms with E-state index in [0.29, 0.717) is 12.2 Å². The van der Waals surface area contributed by atoms with E-state index in [1.54, 1.807) is 31.2 Å². The van der Waals surface area contributed by atoms with Crippen LogP contribution in [0.1, 0.15) is 38.3 Å². The maximum absolute atomic E-state index is 13.4. The van der Waals surface area contributed by atoms with Crippen molar-refractivity contribution in [2.45, 2.75) is 52.3 Å². The topological polar surface area (TPSA) is 73.9 Å². The summed E-state index contributed by atoms with van der Waals surface area (Å²) >= 11 is 0. The Bertz CT molecular complexity index is 1160. The zero-order valence-corrected chi connectivity index (χ0v) is 21.8. The molecule has 0 radical (unpaired) electrons. The summed E-state index contributed by atoms with van der Waals surface area (Å²) in [6.45, 7) is 6.03. The van der Waals surface area contributed by atoms with E-state index in [1.807, 2.05) is 44.2 Å². The first-order chi connectivity index (χ1) is 18.2. The third kappa shape index (κ3) is 9.27. The van der Waals surface area contributed by atoms with Crippen molar-refractivity contribution in [1.29, 1.82) is 0 Å². The third-order valence-electron chi connectivity index (χ3n) is 5.62. The first-order valence-electron chi connectivity index (χ1n) is 12.6. The average molecular weight is 526 g/mol. The lowest BCUT2D eigenvalue weighted by molar-refractivity contribution is -0.150. The van der Waals surface area contributed by atoms with Gasteiger partial charge in [-0.25, -0.2) is 8.78 Å². The predicted molar refractivity (Wildman–Crippen MR) is 140 cm³/mol. The SMILES string of the molecule is CCOC(=O)[C@H](Cc1ccc(Oc2cc(F)cc(F)c2)cc1)N[C@@H](CC(C)C)C(=O)OCc1ccccc1. The van der Waals surface area contributed by atoms with Crippen LogP contribution in [0.3, 0.4) is 0 Å². The lowest BCUT2D eigenvalue weighted by Crippen LogP contribution is -2.50.